The third kappa shape index (κ3) is 3.28. The lowest BCUT2D eigenvalue weighted by atomic mass is 10.2. The molecule has 0 spiro atoms. The maximum absolute atomic E-state index is 11.8. The third-order valence-electron chi connectivity index (χ3n) is 2.08. The van der Waals surface area contributed by atoms with Crippen LogP contribution in [-0.4, -0.2) is 10.9 Å². The molecular formula is C12H8BrClN2O. The highest BCUT2D eigenvalue weighted by atomic mass is 79.9. The van der Waals surface area contributed by atoms with Crippen LogP contribution >= 0.6 is 27.5 Å². The maximum atomic E-state index is 11.8. The molecule has 0 bridgehead atoms. The van der Waals surface area contributed by atoms with E-state index in [1.807, 2.05) is 12.1 Å². The van der Waals surface area contributed by atoms with E-state index in [0.29, 0.717) is 16.4 Å². The van der Waals surface area contributed by atoms with Crippen LogP contribution in [0.4, 0.5) is 5.82 Å². The van der Waals surface area contributed by atoms with Crippen LogP contribution < -0.4 is 5.32 Å². The van der Waals surface area contributed by atoms with E-state index < -0.39 is 0 Å². The summed E-state index contributed by atoms with van der Waals surface area (Å²) < 4.78 is 0.929. The first-order chi connectivity index (χ1) is 8.15. The first-order valence-corrected chi connectivity index (χ1v) is 6.01. The average molecular weight is 312 g/mol. The molecule has 86 valence electrons. The largest absolute Gasteiger partial charge is 0.307 e. The fraction of sp³-hybridized carbons (Fsp3) is 0. The van der Waals surface area contributed by atoms with Gasteiger partial charge < -0.3 is 5.32 Å². The minimum atomic E-state index is -0.202. The summed E-state index contributed by atoms with van der Waals surface area (Å²) in [7, 11) is 0. The molecule has 0 saturated heterocycles. The molecule has 1 N–H and O–H groups in total. The lowest BCUT2D eigenvalue weighted by Gasteiger charge is -2.04. The van der Waals surface area contributed by atoms with Crippen molar-refractivity contribution in [3.63, 3.8) is 0 Å². The Morgan fingerprint density at radius 3 is 2.47 bits per heavy atom. The molecular weight excluding hydrogens is 304 g/mol. The van der Waals surface area contributed by atoms with Crippen LogP contribution in [0.2, 0.25) is 5.02 Å². The van der Waals surface area contributed by atoms with Gasteiger partial charge in [0.15, 0.2) is 0 Å². The summed E-state index contributed by atoms with van der Waals surface area (Å²) >= 11 is 9.01. The molecule has 1 aromatic heterocycles. The zero-order valence-corrected chi connectivity index (χ0v) is 11.0. The number of hydrogen-bond acceptors (Lipinski definition) is 2. The van der Waals surface area contributed by atoms with Crippen LogP contribution in [0.3, 0.4) is 0 Å². The predicted molar refractivity (Wildman–Crippen MR) is 71.3 cm³/mol. The SMILES string of the molecule is O=C(Nc1ccc(Cl)cn1)c1ccc(Br)cc1. The Labute approximate surface area is 112 Å². The van der Waals surface area contributed by atoms with Gasteiger partial charge in [0, 0.05) is 16.2 Å². The number of anilines is 1. The second kappa shape index (κ2) is 5.29. The molecule has 0 atom stereocenters. The van der Waals surface area contributed by atoms with E-state index in [4.69, 9.17) is 11.6 Å². The van der Waals surface area contributed by atoms with E-state index in [2.05, 4.69) is 26.2 Å². The van der Waals surface area contributed by atoms with Crippen molar-refractivity contribution in [2.45, 2.75) is 0 Å². The minimum Gasteiger partial charge on any atom is -0.307 e. The van der Waals surface area contributed by atoms with Crippen molar-refractivity contribution >= 4 is 39.3 Å². The normalized spacial score (nSPS) is 10.0. The van der Waals surface area contributed by atoms with Gasteiger partial charge in [-0.2, -0.15) is 0 Å². The standard InChI is InChI=1S/C12H8BrClN2O/c13-9-3-1-8(2-4-9)12(17)16-11-6-5-10(14)7-15-11/h1-7H,(H,15,16,17). The Hall–Kier alpha value is -1.39. The van der Waals surface area contributed by atoms with Crippen molar-refractivity contribution in [3.8, 4) is 0 Å². The lowest BCUT2D eigenvalue weighted by Crippen LogP contribution is -2.12. The molecule has 0 aliphatic carbocycles. The smallest absolute Gasteiger partial charge is 0.256 e. The van der Waals surface area contributed by atoms with Crippen molar-refractivity contribution in [2.24, 2.45) is 0 Å². The fourth-order valence-electron chi connectivity index (χ4n) is 1.24. The van der Waals surface area contributed by atoms with Gasteiger partial charge in [0.2, 0.25) is 0 Å². The highest BCUT2D eigenvalue weighted by molar-refractivity contribution is 9.10. The molecule has 0 aliphatic heterocycles. The Bertz CT molecular complexity index is 525. The van der Waals surface area contributed by atoms with Crippen molar-refractivity contribution in [2.75, 3.05) is 5.32 Å². The molecule has 1 aromatic carbocycles. The first kappa shape index (κ1) is 12.1. The van der Waals surface area contributed by atoms with E-state index in [1.54, 1.807) is 24.3 Å². The number of pyridine rings is 1. The molecule has 1 heterocycles. The molecule has 0 unspecified atom stereocenters. The topological polar surface area (TPSA) is 42.0 Å². The highest BCUT2D eigenvalue weighted by Gasteiger charge is 2.06. The number of hydrogen-bond donors (Lipinski definition) is 1. The molecule has 2 rings (SSSR count). The lowest BCUT2D eigenvalue weighted by molar-refractivity contribution is 0.102. The number of amides is 1. The molecule has 0 radical (unpaired) electrons. The number of rotatable bonds is 2. The fourth-order valence-corrected chi connectivity index (χ4v) is 1.62. The summed E-state index contributed by atoms with van der Waals surface area (Å²) in [6.45, 7) is 0. The van der Waals surface area contributed by atoms with E-state index in [1.165, 1.54) is 6.20 Å². The van der Waals surface area contributed by atoms with E-state index in [-0.39, 0.29) is 5.91 Å². The zero-order chi connectivity index (χ0) is 12.3. The van der Waals surface area contributed by atoms with Gasteiger partial charge in [0.1, 0.15) is 5.82 Å². The second-order valence-corrected chi connectivity index (χ2v) is 4.67. The van der Waals surface area contributed by atoms with Crippen LogP contribution in [0.25, 0.3) is 0 Å². The van der Waals surface area contributed by atoms with Crippen molar-refractivity contribution in [1.82, 2.24) is 4.98 Å². The van der Waals surface area contributed by atoms with Gasteiger partial charge in [-0.25, -0.2) is 4.98 Å². The molecule has 0 aliphatic rings. The van der Waals surface area contributed by atoms with E-state index in [0.717, 1.165) is 4.47 Å². The van der Waals surface area contributed by atoms with E-state index in [9.17, 15) is 4.79 Å². The van der Waals surface area contributed by atoms with Gasteiger partial charge >= 0.3 is 0 Å². The first-order valence-electron chi connectivity index (χ1n) is 4.83. The van der Waals surface area contributed by atoms with Gasteiger partial charge in [-0.15, -0.1) is 0 Å². The van der Waals surface area contributed by atoms with Gasteiger partial charge in [0.05, 0.1) is 5.02 Å². The summed E-state index contributed by atoms with van der Waals surface area (Å²) in [5, 5.41) is 3.21. The van der Waals surface area contributed by atoms with Gasteiger partial charge in [-0.3, -0.25) is 4.79 Å². The number of carbonyl (C=O) groups is 1. The van der Waals surface area contributed by atoms with Crippen molar-refractivity contribution in [3.05, 3.63) is 57.7 Å². The van der Waals surface area contributed by atoms with Crippen LogP contribution in [-0.2, 0) is 0 Å². The highest BCUT2D eigenvalue weighted by Crippen LogP contribution is 2.13. The minimum absolute atomic E-state index is 0.202. The van der Waals surface area contributed by atoms with Crippen molar-refractivity contribution < 1.29 is 4.79 Å². The van der Waals surface area contributed by atoms with Crippen LogP contribution in [0.15, 0.2) is 47.1 Å². The summed E-state index contributed by atoms with van der Waals surface area (Å²) in [4.78, 5) is 15.8. The van der Waals surface area contributed by atoms with E-state index >= 15 is 0 Å². The molecule has 3 nitrogen and oxygen atoms in total. The quantitative estimate of drug-likeness (QED) is 0.918. The number of carbonyl (C=O) groups excluding carboxylic acids is 1. The molecule has 17 heavy (non-hydrogen) atoms. The second-order valence-electron chi connectivity index (χ2n) is 3.32. The van der Waals surface area contributed by atoms with Crippen LogP contribution in [0.5, 0.6) is 0 Å². The summed E-state index contributed by atoms with van der Waals surface area (Å²) in [6, 6.07) is 10.4. The number of halogens is 2. The molecule has 5 heteroatoms. The Morgan fingerprint density at radius 2 is 1.88 bits per heavy atom. The molecule has 2 aromatic rings. The Balaban J connectivity index is 2.11. The Kier molecular flexibility index (Phi) is 3.76. The summed E-state index contributed by atoms with van der Waals surface area (Å²) in [5.74, 6) is 0.273. The molecule has 0 fully saturated rings. The van der Waals surface area contributed by atoms with Gasteiger partial charge in [0.25, 0.3) is 5.91 Å². The number of benzene rings is 1. The molecule has 0 saturated carbocycles. The number of nitrogens with zero attached hydrogens (tertiary/aromatic N) is 1. The van der Waals surface area contributed by atoms with Crippen LogP contribution in [0.1, 0.15) is 10.4 Å². The Morgan fingerprint density at radius 1 is 1.18 bits per heavy atom. The summed E-state index contributed by atoms with van der Waals surface area (Å²) in [5.41, 5.74) is 0.574. The van der Waals surface area contributed by atoms with Crippen molar-refractivity contribution in [1.29, 1.82) is 0 Å². The molecule has 1 amide bonds. The maximum Gasteiger partial charge on any atom is 0.256 e. The van der Waals surface area contributed by atoms with Crippen LogP contribution in [0, 0.1) is 0 Å². The predicted octanol–water partition coefficient (Wildman–Crippen LogP) is 3.75. The number of aromatic nitrogens is 1. The number of nitrogens with one attached hydrogen (secondary N) is 1. The zero-order valence-electron chi connectivity index (χ0n) is 8.65. The van der Waals surface area contributed by atoms with Gasteiger partial charge in [-0.05, 0) is 36.4 Å². The average Bonchev–Trinajstić information content (AvgIpc) is 2.33. The third-order valence-corrected chi connectivity index (χ3v) is 2.83. The monoisotopic (exact) mass is 310 g/mol. The van der Waals surface area contributed by atoms with Gasteiger partial charge in [-0.1, -0.05) is 27.5 Å². The summed E-state index contributed by atoms with van der Waals surface area (Å²) in [6.07, 6.45) is 1.48.